The van der Waals surface area contributed by atoms with Crippen molar-refractivity contribution in [3.63, 3.8) is 0 Å². The SMILES string of the molecule is CC(=O)O[C@H]1c2cccc3cccc(c23)C1(C)C. The highest BCUT2D eigenvalue weighted by atomic mass is 16.5. The second-order valence-corrected chi connectivity index (χ2v) is 5.46. The average Bonchev–Trinajstić information content (AvgIpc) is 2.53. The minimum Gasteiger partial charge on any atom is -0.457 e. The van der Waals surface area contributed by atoms with Crippen molar-refractivity contribution >= 4 is 16.7 Å². The molecule has 0 heterocycles. The maximum atomic E-state index is 11.3. The summed E-state index contributed by atoms with van der Waals surface area (Å²) in [6, 6.07) is 12.5. The molecule has 0 radical (unpaired) electrons. The van der Waals surface area contributed by atoms with E-state index in [1.165, 1.54) is 23.3 Å². The first-order valence-electron chi connectivity index (χ1n) is 6.21. The Bertz CT molecular complexity index is 635. The van der Waals surface area contributed by atoms with E-state index in [9.17, 15) is 4.79 Å². The molecule has 3 rings (SSSR count). The summed E-state index contributed by atoms with van der Waals surface area (Å²) in [5.41, 5.74) is 2.22. The van der Waals surface area contributed by atoms with Gasteiger partial charge in [-0.3, -0.25) is 4.79 Å². The molecular weight excluding hydrogens is 224 g/mol. The quantitative estimate of drug-likeness (QED) is 0.710. The van der Waals surface area contributed by atoms with Gasteiger partial charge in [-0.2, -0.15) is 0 Å². The van der Waals surface area contributed by atoms with E-state index in [4.69, 9.17) is 4.74 Å². The third-order valence-electron chi connectivity index (χ3n) is 3.85. The molecule has 0 N–H and O–H groups in total. The molecule has 1 aliphatic rings. The molecule has 0 aliphatic heterocycles. The van der Waals surface area contributed by atoms with Crippen LogP contribution in [0, 0.1) is 0 Å². The Hall–Kier alpha value is -1.83. The molecule has 0 amide bonds. The number of hydrogen-bond acceptors (Lipinski definition) is 2. The Balaban J connectivity index is 2.30. The van der Waals surface area contributed by atoms with E-state index in [2.05, 4.69) is 44.2 Å². The molecule has 0 saturated heterocycles. The Morgan fingerprint density at radius 1 is 1.17 bits per heavy atom. The van der Waals surface area contributed by atoms with Crippen molar-refractivity contribution in [2.45, 2.75) is 32.3 Å². The molecule has 2 nitrogen and oxygen atoms in total. The Kier molecular flexibility index (Phi) is 2.24. The van der Waals surface area contributed by atoms with Crippen LogP contribution in [0.4, 0.5) is 0 Å². The minimum atomic E-state index is -0.224. The van der Waals surface area contributed by atoms with Crippen LogP contribution in [0.2, 0.25) is 0 Å². The van der Waals surface area contributed by atoms with Crippen LogP contribution in [0.5, 0.6) is 0 Å². The standard InChI is InChI=1S/C16H16O2/c1-10(17)18-15-12-8-4-6-11-7-5-9-13(14(11)12)16(15,2)3/h4-9,15H,1-3H3/t15-/m0/s1. The van der Waals surface area contributed by atoms with Crippen molar-refractivity contribution in [3.05, 3.63) is 47.5 Å². The first kappa shape index (κ1) is 11.3. The topological polar surface area (TPSA) is 26.3 Å². The maximum Gasteiger partial charge on any atom is 0.303 e. The van der Waals surface area contributed by atoms with Crippen molar-refractivity contribution in [2.24, 2.45) is 0 Å². The van der Waals surface area contributed by atoms with Gasteiger partial charge in [0.15, 0.2) is 0 Å². The summed E-state index contributed by atoms with van der Waals surface area (Å²) in [6.07, 6.45) is -0.184. The van der Waals surface area contributed by atoms with Gasteiger partial charge in [0.25, 0.3) is 0 Å². The number of hydrogen-bond donors (Lipinski definition) is 0. The second kappa shape index (κ2) is 3.58. The summed E-state index contributed by atoms with van der Waals surface area (Å²) < 4.78 is 5.56. The second-order valence-electron chi connectivity index (χ2n) is 5.46. The van der Waals surface area contributed by atoms with Gasteiger partial charge >= 0.3 is 5.97 Å². The summed E-state index contributed by atoms with van der Waals surface area (Å²) in [4.78, 5) is 11.3. The molecule has 0 aromatic heterocycles. The number of esters is 1. The third-order valence-corrected chi connectivity index (χ3v) is 3.85. The van der Waals surface area contributed by atoms with Crippen LogP contribution in [-0.4, -0.2) is 5.97 Å². The average molecular weight is 240 g/mol. The first-order chi connectivity index (χ1) is 8.51. The van der Waals surface area contributed by atoms with Gasteiger partial charge in [-0.25, -0.2) is 0 Å². The molecule has 1 aliphatic carbocycles. The summed E-state index contributed by atoms with van der Waals surface area (Å²) in [5, 5.41) is 2.46. The molecule has 18 heavy (non-hydrogen) atoms. The molecule has 0 saturated carbocycles. The van der Waals surface area contributed by atoms with Gasteiger partial charge in [0.1, 0.15) is 6.10 Å². The van der Waals surface area contributed by atoms with Gasteiger partial charge in [-0.15, -0.1) is 0 Å². The zero-order valence-electron chi connectivity index (χ0n) is 10.9. The fraction of sp³-hybridized carbons (Fsp3) is 0.312. The highest BCUT2D eigenvalue weighted by Crippen LogP contribution is 2.50. The van der Waals surface area contributed by atoms with Crippen LogP contribution in [-0.2, 0) is 14.9 Å². The largest absolute Gasteiger partial charge is 0.457 e. The van der Waals surface area contributed by atoms with E-state index in [1.807, 2.05) is 6.07 Å². The third kappa shape index (κ3) is 1.38. The Morgan fingerprint density at radius 3 is 2.50 bits per heavy atom. The first-order valence-corrected chi connectivity index (χ1v) is 6.21. The van der Waals surface area contributed by atoms with Gasteiger partial charge in [0.2, 0.25) is 0 Å². The smallest absolute Gasteiger partial charge is 0.303 e. The van der Waals surface area contributed by atoms with Gasteiger partial charge in [-0.1, -0.05) is 50.2 Å². The van der Waals surface area contributed by atoms with Crippen LogP contribution < -0.4 is 0 Å². The minimum absolute atomic E-state index is 0.172. The van der Waals surface area contributed by atoms with Gasteiger partial charge < -0.3 is 4.74 Å². The van der Waals surface area contributed by atoms with Crippen molar-refractivity contribution < 1.29 is 9.53 Å². The van der Waals surface area contributed by atoms with Gasteiger partial charge in [0, 0.05) is 17.9 Å². The number of benzene rings is 2. The lowest BCUT2D eigenvalue weighted by Gasteiger charge is -2.28. The summed E-state index contributed by atoms with van der Waals surface area (Å²) >= 11 is 0. The molecular formula is C16H16O2. The van der Waals surface area contributed by atoms with Crippen LogP contribution in [0.15, 0.2) is 36.4 Å². The van der Waals surface area contributed by atoms with E-state index >= 15 is 0 Å². The maximum absolute atomic E-state index is 11.3. The molecule has 2 aromatic carbocycles. The van der Waals surface area contributed by atoms with E-state index in [1.54, 1.807) is 0 Å². The van der Waals surface area contributed by atoms with Crippen molar-refractivity contribution in [2.75, 3.05) is 0 Å². The van der Waals surface area contributed by atoms with Crippen molar-refractivity contribution in [1.82, 2.24) is 0 Å². The predicted molar refractivity (Wildman–Crippen MR) is 71.5 cm³/mol. The number of rotatable bonds is 1. The fourth-order valence-corrected chi connectivity index (χ4v) is 3.03. The normalized spacial score (nSPS) is 20.1. The summed E-state index contributed by atoms with van der Waals surface area (Å²) in [5.74, 6) is -0.224. The van der Waals surface area contributed by atoms with Crippen molar-refractivity contribution in [1.29, 1.82) is 0 Å². The molecule has 0 unspecified atom stereocenters. The molecule has 0 fully saturated rings. The highest BCUT2D eigenvalue weighted by Gasteiger charge is 2.42. The van der Waals surface area contributed by atoms with Gasteiger partial charge in [-0.05, 0) is 16.3 Å². The Morgan fingerprint density at radius 2 is 1.83 bits per heavy atom. The zero-order valence-corrected chi connectivity index (χ0v) is 10.9. The van der Waals surface area contributed by atoms with Crippen LogP contribution in [0.1, 0.15) is 38.0 Å². The molecule has 0 bridgehead atoms. The van der Waals surface area contributed by atoms with E-state index in [-0.39, 0.29) is 17.5 Å². The van der Waals surface area contributed by atoms with E-state index < -0.39 is 0 Å². The summed E-state index contributed by atoms with van der Waals surface area (Å²) in [7, 11) is 0. The monoisotopic (exact) mass is 240 g/mol. The van der Waals surface area contributed by atoms with Crippen LogP contribution >= 0.6 is 0 Å². The number of carbonyl (C=O) groups excluding carboxylic acids is 1. The van der Waals surface area contributed by atoms with Crippen LogP contribution in [0.25, 0.3) is 10.8 Å². The molecule has 2 heteroatoms. The van der Waals surface area contributed by atoms with E-state index in [0.29, 0.717) is 0 Å². The molecule has 0 spiro atoms. The van der Waals surface area contributed by atoms with Crippen molar-refractivity contribution in [3.8, 4) is 0 Å². The molecule has 92 valence electrons. The highest BCUT2D eigenvalue weighted by molar-refractivity contribution is 5.93. The lowest BCUT2D eigenvalue weighted by atomic mass is 9.83. The van der Waals surface area contributed by atoms with Gasteiger partial charge in [0.05, 0.1) is 0 Å². The number of ether oxygens (including phenoxy) is 1. The van der Waals surface area contributed by atoms with E-state index in [0.717, 1.165) is 5.56 Å². The van der Waals surface area contributed by atoms with Crippen LogP contribution in [0.3, 0.4) is 0 Å². The fourth-order valence-electron chi connectivity index (χ4n) is 3.03. The molecule has 2 aromatic rings. The lowest BCUT2D eigenvalue weighted by Crippen LogP contribution is -2.25. The zero-order chi connectivity index (χ0) is 12.9. The Labute approximate surface area is 107 Å². The number of carbonyl (C=O) groups is 1. The summed E-state index contributed by atoms with van der Waals surface area (Å²) in [6.45, 7) is 5.74. The molecule has 1 atom stereocenters. The lowest BCUT2D eigenvalue weighted by molar-refractivity contribution is -0.149. The predicted octanol–water partition coefficient (Wildman–Crippen LogP) is 3.74.